The second-order valence-electron chi connectivity index (χ2n) is 5.54. The number of ether oxygens (including phenoxy) is 1. The summed E-state index contributed by atoms with van der Waals surface area (Å²) in [6.45, 7) is 4.24. The quantitative estimate of drug-likeness (QED) is 0.898. The van der Waals surface area contributed by atoms with E-state index in [1.54, 1.807) is 0 Å². The van der Waals surface area contributed by atoms with Gasteiger partial charge in [0.05, 0.1) is 0 Å². The first-order valence-corrected chi connectivity index (χ1v) is 7.87. The van der Waals surface area contributed by atoms with E-state index in [0.717, 1.165) is 18.9 Å². The Hall–Kier alpha value is -0.830. The van der Waals surface area contributed by atoms with Crippen LogP contribution in [0.1, 0.15) is 31.7 Å². The summed E-state index contributed by atoms with van der Waals surface area (Å²) < 4.78 is 6.32. The Morgan fingerprint density at radius 3 is 3.17 bits per heavy atom. The van der Waals surface area contributed by atoms with E-state index in [0.29, 0.717) is 4.75 Å². The molecule has 1 aromatic rings. The van der Waals surface area contributed by atoms with E-state index in [2.05, 4.69) is 42.2 Å². The van der Waals surface area contributed by atoms with E-state index in [9.17, 15) is 0 Å². The molecule has 2 aliphatic rings. The predicted octanol–water partition coefficient (Wildman–Crippen LogP) is 3.71. The van der Waals surface area contributed by atoms with Gasteiger partial charge in [-0.2, -0.15) is 11.8 Å². The minimum absolute atomic E-state index is 0.323. The molecule has 3 rings (SSSR count). The molecule has 1 N–H and O–H groups in total. The Bertz CT molecular complexity index is 427. The zero-order valence-electron chi connectivity index (χ0n) is 11.0. The van der Waals surface area contributed by atoms with E-state index in [1.165, 1.54) is 42.7 Å². The summed E-state index contributed by atoms with van der Waals surface area (Å²) in [7, 11) is 0. The van der Waals surface area contributed by atoms with Gasteiger partial charge < -0.3 is 10.1 Å². The molecule has 3 heteroatoms. The first-order valence-electron chi connectivity index (χ1n) is 6.89. The highest BCUT2D eigenvalue weighted by Crippen LogP contribution is 2.38. The fourth-order valence-corrected chi connectivity index (χ4v) is 3.93. The monoisotopic (exact) mass is 263 g/mol. The number of rotatable bonds is 3. The summed E-state index contributed by atoms with van der Waals surface area (Å²) in [5.74, 6) is 2.29. The van der Waals surface area contributed by atoms with Crippen LogP contribution in [0.15, 0.2) is 18.2 Å². The maximum atomic E-state index is 6.00. The minimum atomic E-state index is 0.323. The van der Waals surface area contributed by atoms with Crippen LogP contribution in [0.5, 0.6) is 5.75 Å². The first kappa shape index (κ1) is 12.2. The number of hydrogen-bond donors (Lipinski definition) is 1. The maximum absolute atomic E-state index is 6.00. The highest BCUT2D eigenvalue weighted by molar-refractivity contribution is 8.00. The lowest BCUT2D eigenvalue weighted by Crippen LogP contribution is -2.25. The van der Waals surface area contributed by atoms with Crippen LogP contribution < -0.4 is 10.1 Å². The van der Waals surface area contributed by atoms with Crippen molar-refractivity contribution in [3.63, 3.8) is 0 Å². The molecule has 1 unspecified atom stereocenters. The average Bonchev–Trinajstić information content (AvgIpc) is 2.84. The molecule has 2 aliphatic heterocycles. The fraction of sp³-hybridized carbons (Fsp3) is 0.600. The third-order valence-electron chi connectivity index (χ3n) is 3.86. The number of hydrogen-bond acceptors (Lipinski definition) is 3. The van der Waals surface area contributed by atoms with Crippen LogP contribution in [-0.2, 0) is 6.42 Å². The van der Waals surface area contributed by atoms with Crippen molar-refractivity contribution in [3.05, 3.63) is 23.8 Å². The second kappa shape index (κ2) is 5.04. The fourth-order valence-electron chi connectivity index (χ4n) is 2.72. The van der Waals surface area contributed by atoms with Gasteiger partial charge in [-0.15, -0.1) is 0 Å². The summed E-state index contributed by atoms with van der Waals surface area (Å²) in [5, 5.41) is 3.46. The zero-order chi connectivity index (χ0) is 12.4. The summed E-state index contributed by atoms with van der Waals surface area (Å²) in [6, 6.07) is 6.49. The molecule has 1 aromatic carbocycles. The van der Waals surface area contributed by atoms with Crippen LogP contribution in [0.25, 0.3) is 0 Å². The molecule has 0 aromatic heterocycles. The lowest BCUT2D eigenvalue weighted by atomic mass is 10.0. The van der Waals surface area contributed by atoms with Crippen LogP contribution in [0.2, 0.25) is 0 Å². The van der Waals surface area contributed by atoms with Crippen molar-refractivity contribution in [1.82, 2.24) is 0 Å². The first-order chi connectivity index (χ1) is 8.75. The average molecular weight is 263 g/mol. The zero-order valence-corrected chi connectivity index (χ0v) is 11.8. The van der Waals surface area contributed by atoms with Crippen LogP contribution in [-0.4, -0.2) is 23.7 Å². The maximum Gasteiger partial charge on any atom is 0.121 e. The smallest absolute Gasteiger partial charge is 0.121 e. The second-order valence-corrected chi connectivity index (χ2v) is 7.22. The molecule has 1 saturated heterocycles. The summed E-state index contributed by atoms with van der Waals surface area (Å²) in [5.41, 5.74) is 2.69. The molecular weight excluding hydrogens is 242 g/mol. The standard InChI is InChI=1S/C15H21NOS/c1-15(7-3-9-18-15)11-17-13-6-5-12-4-2-8-16-14(12)10-13/h5-6,10,16H,2-4,7-9,11H2,1H3. The molecule has 0 aliphatic carbocycles. The van der Waals surface area contributed by atoms with Crippen LogP contribution in [0.3, 0.4) is 0 Å². The summed E-state index contributed by atoms with van der Waals surface area (Å²) in [4.78, 5) is 0. The van der Waals surface area contributed by atoms with Gasteiger partial charge in [0.2, 0.25) is 0 Å². The Labute approximate surface area is 113 Å². The summed E-state index contributed by atoms with van der Waals surface area (Å²) in [6.07, 6.45) is 5.04. The Morgan fingerprint density at radius 2 is 2.33 bits per heavy atom. The van der Waals surface area contributed by atoms with Crippen LogP contribution >= 0.6 is 11.8 Å². The molecule has 0 saturated carbocycles. The number of aryl methyl sites for hydroxylation is 1. The highest BCUT2D eigenvalue weighted by Gasteiger charge is 2.30. The molecule has 1 atom stereocenters. The van der Waals surface area contributed by atoms with Crippen molar-refractivity contribution in [2.24, 2.45) is 0 Å². The molecule has 98 valence electrons. The highest BCUT2D eigenvalue weighted by atomic mass is 32.2. The number of anilines is 1. The molecule has 2 heterocycles. The predicted molar refractivity (Wildman–Crippen MR) is 78.8 cm³/mol. The molecule has 0 spiro atoms. The molecule has 0 bridgehead atoms. The normalized spacial score (nSPS) is 26.5. The lowest BCUT2D eigenvalue weighted by Gasteiger charge is -2.24. The van der Waals surface area contributed by atoms with Gasteiger partial charge in [0.1, 0.15) is 12.4 Å². The van der Waals surface area contributed by atoms with Crippen molar-refractivity contribution in [3.8, 4) is 5.75 Å². The topological polar surface area (TPSA) is 21.3 Å². The van der Waals surface area contributed by atoms with Gasteiger partial charge in [-0.05, 0) is 50.0 Å². The lowest BCUT2D eigenvalue weighted by molar-refractivity contribution is 0.276. The molecule has 18 heavy (non-hydrogen) atoms. The molecule has 1 fully saturated rings. The molecule has 0 amide bonds. The molecular formula is C15H21NOS. The van der Waals surface area contributed by atoms with E-state index < -0.39 is 0 Å². The van der Waals surface area contributed by atoms with E-state index >= 15 is 0 Å². The number of nitrogens with one attached hydrogen (secondary N) is 1. The van der Waals surface area contributed by atoms with E-state index in [4.69, 9.17) is 4.74 Å². The van der Waals surface area contributed by atoms with Gasteiger partial charge in [-0.25, -0.2) is 0 Å². The van der Waals surface area contributed by atoms with E-state index in [1.807, 2.05) is 0 Å². The Kier molecular flexibility index (Phi) is 3.42. The van der Waals surface area contributed by atoms with Crippen LogP contribution in [0.4, 0.5) is 5.69 Å². The minimum Gasteiger partial charge on any atom is -0.492 e. The van der Waals surface area contributed by atoms with Gasteiger partial charge in [-0.1, -0.05) is 6.07 Å². The van der Waals surface area contributed by atoms with Crippen molar-refractivity contribution >= 4 is 17.4 Å². The van der Waals surface area contributed by atoms with Gasteiger partial charge in [-0.3, -0.25) is 0 Å². The van der Waals surface area contributed by atoms with Crippen molar-refractivity contribution < 1.29 is 4.74 Å². The van der Waals surface area contributed by atoms with Crippen LogP contribution in [0, 0.1) is 0 Å². The van der Waals surface area contributed by atoms with E-state index in [-0.39, 0.29) is 0 Å². The number of fused-ring (bicyclic) bond motifs is 1. The van der Waals surface area contributed by atoms with Gasteiger partial charge >= 0.3 is 0 Å². The molecule has 2 nitrogen and oxygen atoms in total. The summed E-state index contributed by atoms with van der Waals surface area (Å²) >= 11 is 2.05. The van der Waals surface area contributed by atoms with Crippen molar-refractivity contribution in [2.45, 2.75) is 37.4 Å². The Morgan fingerprint density at radius 1 is 1.39 bits per heavy atom. The Balaban J connectivity index is 1.66. The SMILES string of the molecule is CC1(COc2ccc3c(c2)NCCC3)CCCS1. The third kappa shape index (κ3) is 2.61. The third-order valence-corrected chi connectivity index (χ3v) is 5.38. The number of benzene rings is 1. The van der Waals surface area contributed by atoms with Gasteiger partial charge in [0.25, 0.3) is 0 Å². The van der Waals surface area contributed by atoms with Crippen molar-refractivity contribution in [2.75, 3.05) is 24.2 Å². The van der Waals surface area contributed by atoms with Gasteiger partial charge in [0, 0.05) is 23.0 Å². The molecule has 0 radical (unpaired) electrons. The van der Waals surface area contributed by atoms with Gasteiger partial charge in [0.15, 0.2) is 0 Å². The largest absolute Gasteiger partial charge is 0.492 e. The number of thioether (sulfide) groups is 1. The van der Waals surface area contributed by atoms with Crippen molar-refractivity contribution in [1.29, 1.82) is 0 Å².